The molecule has 0 aliphatic rings. The van der Waals surface area contributed by atoms with Crippen molar-refractivity contribution in [1.29, 1.82) is 0 Å². The summed E-state index contributed by atoms with van der Waals surface area (Å²) in [6.07, 6.45) is 2.50. The van der Waals surface area contributed by atoms with Gasteiger partial charge in [0.2, 0.25) is 0 Å². The maximum atomic E-state index is 12.8. The largest absolute Gasteiger partial charge is 0.507 e. The van der Waals surface area contributed by atoms with Gasteiger partial charge >= 0.3 is 0 Å². The molecule has 4 rings (SSSR count). The van der Waals surface area contributed by atoms with Gasteiger partial charge in [-0.15, -0.1) is 0 Å². The molecule has 1 aromatic heterocycles. The van der Waals surface area contributed by atoms with E-state index in [0.29, 0.717) is 24.5 Å². The molecule has 0 bridgehead atoms. The minimum atomic E-state index is -0.401. The summed E-state index contributed by atoms with van der Waals surface area (Å²) in [4.78, 5) is 15.9. The smallest absolute Gasteiger partial charge is 0.259 e. The van der Waals surface area contributed by atoms with Crippen molar-refractivity contribution in [3.05, 3.63) is 96.2 Å². The minimum absolute atomic E-state index is 0.0815. The molecule has 34 heavy (non-hydrogen) atoms. The van der Waals surface area contributed by atoms with E-state index < -0.39 is 5.91 Å². The molecule has 3 N–H and O–H groups in total. The van der Waals surface area contributed by atoms with Gasteiger partial charge in [0.05, 0.1) is 19.3 Å². The summed E-state index contributed by atoms with van der Waals surface area (Å²) in [6, 6.07) is 23.7. The Balaban J connectivity index is 0.00000158. The third-order valence-corrected chi connectivity index (χ3v) is 5.07. The second kappa shape index (κ2) is 12.2. The number of H-pyrrole nitrogens is 1. The lowest BCUT2D eigenvalue weighted by Gasteiger charge is -2.12. The molecule has 3 aromatic carbocycles. The fourth-order valence-corrected chi connectivity index (χ4v) is 3.45. The summed E-state index contributed by atoms with van der Waals surface area (Å²) in [5.74, 6) is 0.990. The van der Waals surface area contributed by atoms with Gasteiger partial charge in [-0.1, -0.05) is 38.1 Å². The molecule has 0 aliphatic heterocycles. The molecule has 4 aromatic rings. The number of aromatic hydroxyl groups is 1. The number of hydrogen-bond donors (Lipinski definition) is 3. The van der Waals surface area contributed by atoms with Crippen molar-refractivity contribution in [2.24, 2.45) is 0 Å². The molecule has 0 radical (unpaired) electrons. The molecule has 0 saturated carbocycles. The summed E-state index contributed by atoms with van der Waals surface area (Å²) >= 11 is 0. The molecule has 6 heteroatoms. The molecule has 0 saturated heterocycles. The zero-order valence-electron chi connectivity index (χ0n) is 19.7. The van der Waals surface area contributed by atoms with Crippen LogP contribution in [0.1, 0.15) is 29.8 Å². The highest BCUT2D eigenvalue weighted by molar-refractivity contribution is 6.06. The lowest BCUT2D eigenvalue weighted by atomic mass is 10.1. The van der Waals surface area contributed by atoms with Crippen LogP contribution in [0.15, 0.2) is 85.1 Å². The molecule has 0 unspecified atom stereocenters. The Hall–Kier alpha value is -4.19. The van der Waals surface area contributed by atoms with Crippen molar-refractivity contribution in [1.82, 2.24) is 4.98 Å². The number of phenols is 1. The highest BCUT2D eigenvalue weighted by Gasteiger charge is 2.14. The van der Waals surface area contributed by atoms with E-state index in [4.69, 9.17) is 9.47 Å². The van der Waals surface area contributed by atoms with Crippen molar-refractivity contribution >= 4 is 11.6 Å². The van der Waals surface area contributed by atoms with Crippen LogP contribution in [-0.4, -0.2) is 29.7 Å². The second-order valence-corrected chi connectivity index (χ2v) is 7.21. The SMILES string of the molecule is CC.COc1ccccc1CCOc1cccc(NC(=O)c2cc(-c3ccc[nH]3)ccc2O)c1. The van der Waals surface area contributed by atoms with Gasteiger partial charge < -0.3 is 24.9 Å². The fourth-order valence-electron chi connectivity index (χ4n) is 3.45. The van der Waals surface area contributed by atoms with Crippen LogP contribution in [0.5, 0.6) is 17.2 Å². The van der Waals surface area contributed by atoms with Crippen LogP contribution in [0.25, 0.3) is 11.3 Å². The Bertz CT molecular complexity index is 1200. The number of benzene rings is 3. The highest BCUT2D eigenvalue weighted by atomic mass is 16.5. The van der Waals surface area contributed by atoms with Crippen LogP contribution in [0.3, 0.4) is 0 Å². The number of aromatic nitrogens is 1. The van der Waals surface area contributed by atoms with E-state index in [0.717, 1.165) is 22.6 Å². The summed E-state index contributed by atoms with van der Waals surface area (Å²) in [5, 5.41) is 13.0. The summed E-state index contributed by atoms with van der Waals surface area (Å²) in [6.45, 7) is 4.47. The number of carbonyl (C=O) groups excluding carboxylic acids is 1. The van der Waals surface area contributed by atoms with Gasteiger partial charge in [-0.25, -0.2) is 0 Å². The average molecular weight is 459 g/mol. The van der Waals surface area contributed by atoms with Gasteiger partial charge in [0, 0.05) is 30.1 Å². The van der Waals surface area contributed by atoms with Crippen LogP contribution >= 0.6 is 0 Å². The molecule has 6 nitrogen and oxygen atoms in total. The first kappa shape index (κ1) is 24.5. The summed E-state index contributed by atoms with van der Waals surface area (Å²) in [5.41, 5.74) is 3.52. The van der Waals surface area contributed by atoms with E-state index in [9.17, 15) is 9.90 Å². The topological polar surface area (TPSA) is 83.6 Å². The summed E-state index contributed by atoms with van der Waals surface area (Å²) < 4.78 is 11.2. The number of ether oxygens (including phenoxy) is 2. The molecular formula is C28H30N2O4. The molecule has 0 atom stereocenters. The van der Waals surface area contributed by atoms with E-state index in [2.05, 4.69) is 10.3 Å². The zero-order valence-corrected chi connectivity index (χ0v) is 19.7. The van der Waals surface area contributed by atoms with E-state index in [-0.39, 0.29) is 11.3 Å². The van der Waals surface area contributed by atoms with Crippen molar-refractivity contribution in [3.8, 4) is 28.5 Å². The highest BCUT2D eigenvalue weighted by Crippen LogP contribution is 2.26. The number of methoxy groups -OCH3 is 1. The van der Waals surface area contributed by atoms with Crippen molar-refractivity contribution < 1.29 is 19.4 Å². The normalized spacial score (nSPS) is 10.1. The molecule has 1 heterocycles. The standard InChI is InChI=1S/C26H24N2O4.C2H6/c1-31-25-10-3-2-6-18(25)13-15-32-21-8-4-7-20(17-21)28-26(30)22-16-19(11-12-24(22)29)23-9-5-14-27-23;1-2/h2-12,14,16-17,27,29H,13,15H2,1H3,(H,28,30);1-2H3. The van der Waals surface area contributed by atoms with Gasteiger partial charge in [-0.3, -0.25) is 4.79 Å². The van der Waals surface area contributed by atoms with Crippen LogP contribution < -0.4 is 14.8 Å². The van der Waals surface area contributed by atoms with E-state index in [1.54, 1.807) is 37.6 Å². The van der Waals surface area contributed by atoms with Gasteiger partial charge in [0.25, 0.3) is 5.91 Å². The Morgan fingerprint density at radius 1 is 0.971 bits per heavy atom. The Morgan fingerprint density at radius 3 is 2.56 bits per heavy atom. The predicted octanol–water partition coefficient (Wildman–Crippen LogP) is 6.30. The molecule has 0 spiro atoms. The number of nitrogens with one attached hydrogen (secondary N) is 2. The Labute approximate surface area is 200 Å². The zero-order chi connectivity index (χ0) is 24.3. The van der Waals surface area contributed by atoms with Crippen LogP contribution in [0, 0.1) is 0 Å². The number of carbonyl (C=O) groups is 1. The van der Waals surface area contributed by atoms with Gasteiger partial charge in [0.1, 0.15) is 17.2 Å². The monoisotopic (exact) mass is 458 g/mol. The maximum absolute atomic E-state index is 12.8. The number of amides is 1. The molecule has 176 valence electrons. The van der Waals surface area contributed by atoms with Gasteiger partial charge in [0.15, 0.2) is 0 Å². The fraction of sp³-hybridized carbons (Fsp3) is 0.179. The maximum Gasteiger partial charge on any atom is 0.259 e. The van der Waals surface area contributed by atoms with Gasteiger partial charge in [-0.2, -0.15) is 0 Å². The molecule has 0 fully saturated rings. The Morgan fingerprint density at radius 2 is 1.79 bits per heavy atom. The minimum Gasteiger partial charge on any atom is -0.507 e. The predicted molar refractivity (Wildman–Crippen MR) is 136 cm³/mol. The van der Waals surface area contributed by atoms with E-state index in [1.807, 2.05) is 62.4 Å². The number of rotatable bonds is 8. The molecule has 1 amide bonds. The average Bonchev–Trinajstić information content (AvgIpc) is 3.41. The summed E-state index contributed by atoms with van der Waals surface area (Å²) in [7, 11) is 1.65. The van der Waals surface area contributed by atoms with Crippen molar-refractivity contribution in [2.45, 2.75) is 20.3 Å². The lowest BCUT2D eigenvalue weighted by Crippen LogP contribution is -2.12. The number of para-hydroxylation sites is 1. The number of aromatic amines is 1. The first-order valence-electron chi connectivity index (χ1n) is 11.3. The first-order valence-corrected chi connectivity index (χ1v) is 11.3. The second-order valence-electron chi connectivity index (χ2n) is 7.21. The van der Waals surface area contributed by atoms with E-state index >= 15 is 0 Å². The number of anilines is 1. The molecular weight excluding hydrogens is 428 g/mol. The van der Waals surface area contributed by atoms with Crippen LogP contribution in [0.2, 0.25) is 0 Å². The third-order valence-electron chi connectivity index (χ3n) is 5.07. The van der Waals surface area contributed by atoms with Crippen LogP contribution in [-0.2, 0) is 6.42 Å². The number of phenolic OH excluding ortho intramolecular Hbond substituents is 1. The Kier molecular flexibility index (Phi) is 8.74. The quantitative estimate of drug-likeness (QED) is 0.289. The first-order chi connectivity index (χ1) is 16.6. The van der Waals surface area contributed by atoms with Crippen molar-refractivity contribution in [2.75, 3.05) is 19.0 Å². The number of hydrogen-bond acceptors (Lipinski definition) is 4. The third kappa shape index (κ3) is 6.19. The van der Waals surface area contributed by atoms with E-state index in [1.165, 1.54) is 6.07 Å². The molecule has 0 aliphatic carbocycles. The van der Waals surface area contributed by atoms with Crippen molar-refractivity contribution in [3.63, 3.8) is 0 Å². The van der Waals surface area contributed by atoms with Crippen LogP contribution in [0.4, 0.5) is 5.69 Å². The van der Waals surface area contributed by atoms with Gasteiger partial charge in [-0.05, 0) is 59.7 Å². The lowest BCUT2D eigenvalue weighted by molar-refractivity contribution is 0.102.